The maximum absolute atomic E-state index is 14.1. The molecule has 25 heavy (non-hydrogen) atoms. The quantitative estimate of drug-likeness (QED) is 0.452. The number of nitrogens with zero attached hydrogens (tertiary/aromatic N) is 4. The molecule has 0 aliphatic carbocycles. The first-order valence-electron chi connectivity index (χ1n) is 6.86. The lowest BCUT2D eigenvalue weighted by molar-refractivity contribution is 0.489. The van der Waals surface area contributed by atoms with E-state index in [1.54, 1.807) is 18.0 Å². The van der Waals surface area contributed by atoms with Crippen LogP contribution in [-0.4, -0.2) is 32.7 Å². The van der Waals surface area contributed by atoms with Crippen molar-refractivity contribution < 1.29 is 17.4 Å². The molecule has 0 fully saturated rings. The molecule has 2 heterocycles. The molecule has 3 rings (SSSR count). The maximum atomic E-state index is 14.1. The minimum absolute atomic E-state index is 0.0202. The molecule has 0 amide bonds. The fourth-order valence-corrected chi connectivity index (χ4v) is 2.80. The van der Waals surface area contributed by atoms with Gasteiger partial charge in [-0.1, -0.05) is 6.07 Å². The summed E-state index contributed by atoms with van der Waals surface area (Å²) in [5.74, 6) is -0.272. The number of anilines is 2. The van der Waals surface area contributed by atoms with E-state index in [0.717, 1.165) is 6.07 Å². The Kier molecular flexibility index (Phi) is 4.45. The Morgan fingerprint density at radius 1 is 1.36 bits per heavy atom. The number of fused-ring (bicyclic) bond motifs is 1. The van der Waals surface area contributed by atoms with E-state index in [4.69, 9.17) is 16.2 Å². The van der Waals surface area contributed by atoms with Crippen LogP contribution in [0.4, 0.5) is 15.9 Å². The largest absolute Gasteiger partial charge is 0.365 e. The number of hydrogen-bond acceptors (Lipinski definition) is 6. The van der Waals surface area contributed by atoms with Crippen LogP contribution in [0, 0.1) is 5.82 Å². The van der Waals surface area contributed by atoms with Crippen molar-refractivity contribution in [2.45, 2.75) is 6.54 Å². The van der Waals surface area contributed by atoms with E-state index in [1.807, 2.05) is 0 Å². The molecule has 0 saturated heterocycles. The zero-order valence-electron chi connectivity index (χ0n) is 12.7. The van der Waals surface area contributed by atoms with Crippen molar-refractivity contribution in [3.8, 4) is 0 Å². The Morgan fingerprint density at radius 3 is 2.80 bits per heavy atom. The number of aryl methyl sites for hydroxylation is 1. The Bertz CT molecular complexity index is 1060. The van der Waals surface area contributed by atoms with Gasteiger partial charge in [0.05, 0.1) is 17.3 Å². The van der Waals surface area contributed by atoms with Gasteiger partial charge in [0.1, 0.15) is 11.6 Å². The first-order valence-corrected chi connectivity index (χ1v) is 8.67. The topological polar surface area (TPSA) is 122 Å². The lowest BCUT2D eigenvalue weighted by atomic mass is 10.2. The minimum Gasteiger partial charge on any atom is -0.365 e. The second-order valence-electron chi connectivity index (χ2n) is 5.08. The van der Waals surface area contributed by atoms with Crippen LogP contribution >= 0.6 is 11.6 Å². The number of halogens is 2. The molecule has 3 N–H and O–H groups in total. The molecule has 3 aromatic rings. The number of rotatable bonds is 5. The van der Waals surface area contributed by atoms with Crippen LogP contribution in [0.3, 0.4) is 0 Å². The van der Waals surface area contributed by atoms with Gasteiger partial charge in [0.2, 0.25) is 5.28 Å². The van der Waals surface area contributed by atoms with Gasteiger partial charge in [-0.25, -0.2) is 4.39 Å². The molecule has 12 heteroatoms. The molecule has 0 saturated carbocycles. The molecule has 0 radical (unpaired) electrons. The van der Waals surface area contributed by atoms with Gasteiger partial charge in [-0.2, -0.15) is 23.5 Å². The highest BCUT2D eigenvalue weighted by Gasteiger charge is 2.12. The summed E-state index contributed by atoms with van der Waals surface area (Å²) in [6, 6.07) is 3.65. The lowest BCUT2D eigenvalue weighted by Gasteiger charge is -2.09. The van der Waals surface area contributed by atoms with Gasteiger partial charge < -0.3 is 5.32 Å². The zero-order chi connectivity index (χ0) is 18.2. The van der Waals surface area contributed by atoms with E-state index in [0.29, 0.717) is 16.9 Å². The van der Waals surface area contributed by atoms with Crippen LogP contribution in [0.25, 0.3) is 11.0 Å². The Hall–Kier alpha value is -2.50. The fraction of sp³-hybridized carbons (Fsp3) is 0.154. The molecule has 0 unspecified atom stereocenters. The molecular formula is C13H12ClFN6O3S. The molecule has 0 bridgehead atoms. The number of nitrogens with one attached hydrogen (secondary N) is 2. The average molecular weight is 387 g/mol. The lowest BCUT2D eigenvalue weighted by Crippen LogP contribution is -2.11. The van der Waals surface area contributed by atoms with Crippen molar-refractivity contribution in [2.24, 2.45) is 7.05 Å². The van der Waals surface area contributed by atoms with E-state index in [2.05, 4.69) is 20.4 Å². The normalized spacial score (nSPS) is 11.7. The van der Waals surface area contributed by atoms with Gasteiger partial charge in [0.15, 0.2) is 5.65 Å². The molecule has 1 aromatic carbocycles. The first kappa shape index (κ1) is 17.3. The summed E-state index contributed by atoms with van der Waals surface area (Å²) in [7, 11) is -2.76. The summed E-state index contributed by atoms with van der Waals surface area (Å²) in [5.41, 5.74) is 0.687. The third kappa shape index (κ3) is 3.95. The average Bonchev–Trinajstić information content (AvgIpc) is 2.86. The molecule has 0 aliphatic rings. The molecule has 0 spiro atoms. The summed E-state index contributed by atoms with van der Waals surface area (Å²) in [6.45, 7) is 0.0648. The molecule has 0 aliphatic heterocycles. The van der Waals surface area contributed by atoms with E-state index >= 15 is 0 Å². The van der Waals surface area contributed by atoms with E-state index in [9.17, 15) is 12.8 Å². The molecule has 132 valence electrons. The van der Waals surface area contributed by atoms with Crippen molar-refractivity contribution in [3.05, 3.63) is 41.1 Å². The predicted octanol–water partition coefficient (Wildman–Crippen LogP) is 1.98. The third-order valence-electron chi connectivity index (χ3n) is 3.31. The maximum Gasteiger partial charge on any atom is 0.357 e. The van der Waals surface area contributed by atoms with Crippen molar-refractivity contribution in [1.82, 2.24) is 19.7 Å². The Morgan fingerprint density at radius 2 is 2.12 bits per heavy atom. The van der Waals surface area contributed by atoms with Crippen LogP contribution in [0.5, 0.6) is 0 Å². The van der Waals surface area contributed by atoms with Crippen LogP contribution in [0.2, 0.25) is 5.28 Å². The van der Waals surface area contributed by atoms with Gasteiger partial charge in [-0.3, -0.25) is 14.0 Å². The molecule has 2 aromatic heterocycles. The van der Waals surface area contributed by atoms with Gasteiger partial charge in [-0.15, -0.1) is 0 Å². The van der Waals surface area contributed by atoms with Crippen molar-refractivity contribution >= 4 is 44.4 Å². The van der Waals surface area contributed by atoms with Crippen molar-refractivity contribution in [1.29, 1.82) is 0 Å². The summed E-state index contributed by atoms with van der Waals surface area (Å²) in [5, 5.41) is 7.66. The molecular weight excluding hydrogens is 375 g/mol. The number of aromatic nitrogens is 4. The predicted molar refractivity (Wildman–Crippen MR) is 90.2 cm³/mol. The van der Waals surface area contributed by atoms with Gasteiger partial charge in [0.25, 0.3) is 0 Å². The number of hydrogen-bond donors (Lipinski definition) is 3. The first-order chi connectivity index (χ1) is 11.7. The van der Waals surface area contributed by atoms with Gasteiger partial charge in [-0.05, 0) is 23.7 Å². The Balaban J connectivity index is 1.82. The van der Waals surface area contributed by atoms with E-state index in [1.165, 1.54) is 16.8 Å². The second-order valence-corrected chi connectivity index (χ2v) is 6.58. The fourth-order valence-electron chi connectivity index (χ4n) is 2.21. The highest BCUT2D eigenvalue weighted by atomic mass is 35.5. The summed E-state index contributed by atoms with van der Waals surface area (Å²) < 4.78 is 47.6. The van der Waals surface area contributed by atoms with Crippen molar-refractivity contribution in [2.75, 3.05) is 10.0 Å². The van der Waals surface area contributed by atoms with Crippen LogP contribution in [-0.2, 0) is 23.9 Å². The van der Waals surface area contributed by atoms with E-state index in [-0.39, 0.29) is 23.1 Å². The summed E-state index contributed by atoms with van der Waals surface area (Å²) >= 11 is 5.88. The standard InChI is InChI=1S/C13H12ClFN6O3S/c1-21-12-9(6-17-21)11(18-13(14)19-12)16-5-7-2-3-8(4-10(7)15)20-25(22,23)24/h2-4,6,20H,5H2,1H3,(H,16,18,19)(H,22,23,24). The third-order valence-corrected chi connectivity index (χ3v) is 3.97. The second kappa shape index (κ2) is 6.43. The van der Waals surface area contributed by atoms with Gasteiger partial charge in [0, 0.05) is 19.2 Å². The SMILES string of the molecule is Cn1ncc2c(NCc3ccc(NS(=O)(=O)O)cc3F)nc(Cl)nc21. The zero-order valence-corrected chi connectivity index (χ0v) is 14.3. The summed E-state index contributed by atoms with van der Waals surface area (Å²) in [4.78, 5) is 8.13. The smallest absolute Gasteiger partial charge is 0.357 e. The molecule has 9 nitrogen and oxygen atoms in total. The van der Waals surface area contributed by atoms with Crippen LogP contribution in [0.1, 0.15) is 5.56 Å². The van der Waals surface area contributed by atoms with Crippen LogP contribution < -0.4 is 10.0 Å². The minimum atomic E-state index is -4.46. The van der Waals surface area contributed by atoms with Crippen LogP contribution in [0.15, 0.2) is 24.4 Å². The monoisotopic (exact) mass is 386 g/mol. The van der Waals surface area contributed by atoms with E-state index < -0.39 is 16.1 Å². The molecule has 0 atom stereocenters. The van der Waals surface area contributed by atoms with Crippen molar-refractivity contribution in [3.63, 3.8) is 0 Å². The Labute approximate surface area is 146 Å². The number of benzene rings is 1. The highest BCUT2D eigenvalue weighted by Crippen LogP contribution is 2.23. The summed E-state index contributed by atoms with van der Waals surface area (Å²) in [6.07, 6.45) is 1.56. The van der Waals surface area contributed by atoms with Gasteiger partial charge >= 0.3 is 10.3 Å². The highest BCUT2D eigenvalue weighted by molar-refractivity contribution is 7.87.